The van der Waals surface area contributed by atoms with Crippen molar-refractivity contribution in [2.45, 2.75) is 26.2 Å². The molecular formula is C8H13N3O2. The predicted octanol–water partition coefficient (Wildman–Crippen LogP) is 0.988. The normalized spacial score (nSPS) is 11.6. The Morgan fingerprint density at radius 1 is 1.54 bits per heavy atom. The van der Waals surface area contributed by atoms with Crippen LogP contribution in [0.4, 0.5) is 5.82 Å². The molecule has 0 radical (unpaired) electrons. The van der Waals surface area contributed by atoms with Crippen LogP contribution in [-0.4, -0.2) is 21.3 Å². The summed E-state index contributed by atoms with van der Waals surface area (Å²) < 4.78 is 0. The summed E-state index contributed by atoms with van der Waals surface area (Å²) in [4.78, 5) is 10.8. The lowest BCUT2D eigenvalue weighted by atomic mass is 9.89. The number of anilines is 1. The van der Waals surface area contributed by atoms with Gasteiger partial charge < -0.3 is 10.8 Å². The minimum Gasteiger partial charge on any atom is -0.477 e. The maximum Gasteiger partial charge on any atom is 0.341 e. The highest BCUT2D eigenvalue weighted by Gasteiger charge is 2.26. The highest BCUT2D eigenvalue weighted by atomic mass is 16.4. The van der Waals surface area contributed by atoms with Crippen LogP contribution in [-0.2, 0) is 5.41 Å². The Morgan fingerprint density at radius 2 is 2.08 bits per heavy atom. The molecule has 0 aromatic carbocycles. The number of aromatic amines is 1. The summed E-state index contributed by atoms with van der Waals surface area (Å²) in [5.41, 5.74) is 5.75. The second kappa shape index (κ2) is 2.76. The molecule has 13 heavy (non-hydrogen) atoms. The first-order valence-corrected chi connectivity index (χ1v) is 3.91. The molecule has 72 valence electrons. The van der Waals surface area contributed by atoms with E-state index in [9.17, 15) is 4.79 Å². The number of aromatic nitrogens is 2. The second-order valence-corrected chi connectivity index (χ2v) is 3.91. The number of carbonyl (C=O) groups is 1. The Bertz CT molecular complexity index is 336. The number of hydrogen-bond donors (Lipinski definition) is 3. The number of carboxylic acid groups (broad SMARTS) is 1. The van der Waals surface area contributed by atoms with Gasteiger partial charge in [-0.15, -0.1) is 0 Å². The second-order valence-electron chi connectivity index (χ2n) is 3.91. The van der Waals surface area contributed by atoms with Gasteiger partial charge in [-0.3, -0.25) is 5.10 Å². The number of nitrogens with zero attached hydrogens (tertiary/aromatic N) is 1. The molecule has 0 aliphatic carbocycles. The van der Waals surface area contributed by atoms with E-state index in [1.54, 1.807) is 0 Å². The molecule has 0 fully saturated rings. The van der Waals surface area contributed by atoms with Gasteiger partial charge in [0.25, 0.3) is 0 Å². The summed E-state index contributed by atoms with van der Waals surface area (Å²) >= 11 is 0. The van der Waals surface area contributed by atoms with Crippen molar-refractivity contribution in [2.75, 3.05) is 5.73 Å². The summed E-state index contributed by atoms with van der Waals surface area (Å²) in [5, 5.41) is 15.2. The molecule has 0 bridgehead atoms. The van der Waals surface area contributed by atoms with E-state index in [2.05, 4.69) is 10.2 Å². The van der Waals surface area contributed by atoms with Crippen LogP contribution in [0.5, 0.6) is 0 Å². The van der Waals surface area contributed by atoms with Gasteiger partial charge in [0.15, 0.2) is 5.82 Å². The van der Waals surface area contributed by atoms with Crippen molar-refractivity contribution in [1.29, 1.82) is 0 Å². The number of nitrogens with one attached hydrogen (secondary N) is 1. The first-order chi connectivity index (χ1) is 5.84. The lowest BCUT2D eigenvalue weighted by Gasteiger charge is -2.16. The van der Waals surface area contributed by atoms with Crippen LogP contribution >= 0.6 is 0 Å². The monoisotopic (exact) mass is 183 g/mol. The van der Waals surface area contributed by atoms with E-state index in [1.165, 1.54) is 0 Å². The number of aromatic carboxylic acids is 1. The number of hydrogen-bond acceptors (Lipinski definition) is 3. The van der Waals surface area contributed by atoms with E-state index in [-0.39, 0.29) is 16.8 Å². The van der Waals surface area contributed by atoms with Crippen LogP contribution in [0.2, 0.25) is 0 Å². The van der Waals surface area contributed by atoms with Gasteiger partial charge in [-0.05, 0) is 0 Å². The minimum absolute atomic E-state index is 0.0393. The molecule has 1 aromatic rings. The summed E-state index contributed by atoms with van der Waals surface area (Å²) in [5.74, 6) is -1.01. The molecule has 1 heterocycles. The fraction of sp³-hybridized carbons (Fsp3) is 0.500. The van der Waals surface area contributed by atoms with E-state index >= 15 is 0 Å². The van der Waals surface area contributed by atoms with E-state index in [0.29, 0.717) is 5.69 Å². The van der Waals surface area contributed by atoms with Gasteiger partial charge in [0.2, 0.25) is 0 Å². The van der Waals surface area contributed by atoms with Gasteiger partial charge in [0.1, 0.15) is 5.56 Å². The molecule has 0 aliphatic heterocycles. The van der Waals surface area contributed by atoms with Gasteiger partial charge >= 0.3 is 5.97 Å². The topological polar surface area (TPSA) is 92.0 Å². The van der Waals surface area contributed by atoms with E-state index in [1.807, 2.05) is 20.8 Å². The van der Waals surface area contributed by atoms with E-state index in [4.69, 9.17) is 10.8 Å². The van der Waals surface area contributed by atoms with Crippen molar-refractivity contribution in [1.82, 2.24) is 10.2 Å². The number of nitrogen functional groups attached to an aromatic ring is 1. The van der Waals surface area contributed by atoms with Gasteiger partial charge in [-0.1, -0.05) is 20.8 Å². The zero-order chi connectivity index (χ0) is 10.2. The Kier molecular flexibility index (Phi) is 2.03. The van der Waals surface area contributed by atoms with Gasteiger partial charge in [0, 0.05) is 5.41 Å². The minimum atomic E-state index is -1.05. The van der Waals surface area contributed by atoms with Crippen molar-refractivity contribution in [3.63, 3.8) is 0 Å². The van der Waals surface area contributed by atoms with Crippen molar-refractivity contribution in [2.24, 2.45) is 0 Å². The first-order valence-electron chi connectivity index (χ1n) is 3.91. The standard InChI is InChI=1S/C8H13N3O2/c1-8(2,3)5-4(7(12)13)6(9)11-10-5/h1-3H3,(H,12,13)(H3,9,10,11). The van der Waals surface area contributed by atoms with Crippen molar-refractivity contribution < 1.29 is 9.90 Å². The highest BCUT2D eigenvalue weighted by Crippen LogP contribution is 2.26. The van der Waals surface area contributed by atoms with Crippen molar-refractivity contribution in [3.05, 3.63) is 11.3 Å². The maximum absolute atomic E-state index is 10.8. The zero-order valence-electron chi connectivity index (χ0n) is 7.88. The Balaban J connectivity index is 3.31. The number of carboxylic acids is 1. The largest absolute Gasteiger partial charge is 0.477 e. The molecule has 0 amide bonds. The fourth-order valence-electron chi connectivity index (χ4n) is 1.12. The summed E-state index contributed by atoms with van der Waals surface area (Å²) in [6.45, 7) is 5.69. The van der Waals surface area contributed by atoms with Crippen LogP contribution in [0.3, 0.4) is 0 Å². The lowest BCUT2D eigenvalue weighted by Crippen LogP contribution is -2.17. The molecule has 1 aromatic heterocycles. The molecule has 5 nitrogen and oxygen atoms in total. The van der Waals surface area contributed by atoms with Crippen LogP contribution < -0.4 is 5.73 Å². The van der Waals surface area contributed by atoms with Gasteiger partial charge in [0.05, 0.1) is 5.69 Å². The molecule has 1 rings (SSSR count). The van der Waals surface area contributed by atoms with Crippen LogP contribution in [0, 0.1) is 0 Å². The Hall–Kier alpha value is -1.52. The van der Waals surface area contributed by atoms with Crippen molar-refractivity contribution >= 4 is 11.8 Å². The first kappa shape index (κ1) is 9.57. The van der Waals surface area contributed by atoms with Crippen LogP contribution in [0.25, 0.3) is 0 Å². The lowest BCUT2D eigenvalue weighted by molar-refractivity contribution is 0.0695. The molecule has 0 atom stereocenters. The third kappa shape index (κ3) is 1.63. The third-order valence-corrected chi connectivity index (χ3v) is 1.76. The fourth-order valence-corrected chi connectivity index (χ4v) is 1.12. The Morgan fingerprint density at radius 3 is 2.38 bits per heavy atom. The van der Waals surface area contributed by atoms with E-state index < -0.39 is 5.97 Å². The van der Waals surface area contributed by atoms with E-state index in [0.717, 1.165) is 0 Å². The molecule has 0 saturated heterocycles. The summed E-state index contributed by atoms with van der Waals surface area (Å²) in [7, 11) is 0. The SMILES string of the molecule is CC(C)(C)c1[nH]nc(N)c1C(=O)O. The molecule has 5 heteroatoms. The molecule has 4 N–H and O–H groups in total. The van der Waals surface area contributed by atoms with Gasteiger partial charge in [-0.2, -0.15) is 5.10 Å². The molecule has 0 unspecified atom stereocenters. The third-order valence-electron chi connectivity index (χ3n) is 1.76. The molecule has 0 aliphatic rings. The Labute approximate surface area is 75.9 Å². The molecule has 0 saturated carbocycles. The van der Waals surface area contributed by atoms with Crippen molar-refractivity contribution in [3.8, 4) is 0 Å². The number of rotatable bonds is 1. The van der Waals surface area contributed by atoms with Gasteiger partial charge in [-0.25, -0.2) is 4.79 Å². The highest BCUT2D eigenvalue weighted by molar-refractivity contribution is 5.94. The smallest absolute Gasteiger partial charge is 0.341 e. The zero-order valence-corrected chi connectivity index (χ0v) is 7.88. The molecular weight excluding hydrogens is 170 g/mol. The summed E-state index contributed by atoms with van der Waals surface area (Å²) in [6, 6.07) is 0. The summed E-state index contributed by atoms with van der Waals surface area (Å²) in [6.07, 6.45) is 0. The van der Waals surface area contributed by atoms with Crippen LogP contribution in [0.1, 0.15) is 36.8 Å². The molecule has 0 spiro atoms. The quantitative estimate of drug-likeness (QED) is 0.605. The van der Waals surface area contributed by atoms with Crippen LogP contribution in [0.15, 0.2) is 0 Å². The average Bonchev–Trinajstić information content (AvgIpc) is 2.28. The number of H-pyrrole nitrogens is 1. The number of nitrogens with two attached hydrogens (primary N) is 1. The maximum atomic E-state index is 10.8. The average molecular weight is 183 g/mol. The predicted molar refractivity (Wildman–Crippen MR) is 48.7 cm³/mol.